The van der Waals surface area contributed by atoms with Crippen molar-refractivity contribution in [2.45, 2.75) is 50.5 Å². The highest BCUT2D eigenvalue weighted by Gasteiger charge is 2.30. The molecule has 0 atom stereocenters. The minimum absolute atomic E-state index is 0.0704. The van der Waals surface area contributed by atoms with Crippen LogP contribution < -0.4 is 5.32 Å². The molecule has 0 aromatic heterocycles. The predicted octanol–water partition coefficient (Wildman–Crippen LogP) is 2.00. The van der Waals surface area contributed by atoms with E-state index in [4.69, 9.17) is 0 Å². The summed E-state index contributed by atoms with van der Waals surface area (Å²) in [5.74, 6) is 0.864. The third-order valence-corrected chi connectivity index (χ3v) is 7.72. The van der Waals surface area contributed by atoms with Gasteiger partial charge in [-0.2, -0.15) is 4.31 Å². The molecule has 1 aromatic carbocycles. The first kappa shape index (κ1) is 20.3. The second kappa shape index (κ2) is 8.71. The zero-order valence-corrected chi connectivity index (χ0v) is 17.2. The van der Waals surface area contributed by atoms with E-state index in [1.54, 1.807) is 17.0 Å². The summed E-state index contributed by atoms with van der Waals surface area (Å²) in [6.07, 6.45) is 4.72. The Labute approximate surface area is 163 Å². The Morgan fingerprint density at radius 3 is 2.22 bits per heavy atom. The van der Waals surface area contributed by atoms with Crippen LogP contribution in [0.25, 0.3) is 0 Å². The maximum absolute atomic E-state index is 12.7. The van der Waals surface area contributed by atoms with Crippen molar-refractivity contribution in [2.75, 3.05) is 32.7 Å². The first-order valence-corrected chi connectivity index (χ1v) is 11.4. The third kappa shape index (κ3) is 5.09. The molecule has 3 rings (SSSR count). The molecular weight excluding hydrogens is 362 g/mol. The second-order valence-corrected chi connectivity index (χ2v) is 9.87. The van der Waals surface area contributed by atoms with Gasteiger partial charge in [-0.3, -0.25) is 4.79 Å². The second-order valence-electron chi connectivity index (χ2n) is 7.94. The number of carbonyl (C=O) groups excluding carboxylic acids is 1. The molecule has 7 heteroatoms. The fourth-order valence-electron chi connectivity index (χ4n) is 3.84. The number of benzene rings is 1. The lowest BCUT2D eigenvalue weighted by Crippen LogP contribution is -2.52. The molecule has 0 radical (unpaired) electrons. The van der Waals surface area contributed by atoms with Crippen molar-refractivity contribution in [3.63, 3.8) is 0 Å². The number of sulfonamides is 1. The molecule has 1 heterocycles. The molecule has 1 aromatic rings. The van der Waals surface area contributed by atoms with Crippen molar-refractivity contribution in [1.29, 1.82) is 0 Å². The van der Waals surface area contributed by atoms with E-state index in [-0.39, 0.29) is 5.91 Å². The lowest BCUT2D eigenvalue weighted by Gasteiger charge is -2.34. The van der Waals surface area contributed by atoms with E-state index in [0.717, 1.165) is 24.3 Å². The number of hydrogen-bond acceptors (Lipinski definition) is 4. The molecule has 1 amide bonds. The van der Waals surface area contributed by atoms with Crippen LogP contribution in [-0.4, -0.2) is 62.3 Å². The molecule has 2 aliphatic rings. The van der Waals surface area contributed by atoms with Gasteiger partial charge in [-0.25, -0.2) is 8.42 Å². The van der Waals surface area contributed by atoms with Crippen molar-refractivity contribution in [3.8, 4) is 0 Å². The lowest BCUT2D eigenvalue weighted by molar-refractivity contribution is -0.131. The Balaban J connectivity index is 1.48. The summed E-state index contributed by atoms with van der Waals surface area (Å²) in [6.45, 7) is 6.17. The topological polar surface area (TPSA) is 69.7 Å². The van der Waals surface area contributed by atoms with Gasteiger partial charge in [0.1, 0.15) is 0 Å². The average molecular weight is 394 g/mol. The van der Waals surface area contributed by atoms with Gasteiger partial charge in [0.2, 0.25) is 15.9 Å². The van der Waals surface area contributed by atoms with Gasteiger partial charge in [0.15, 0.2) is 0 Å². The standard InChI is InChI=1S/C20H31N3O3S/c1-16-3-7-18(8-4-16)21-15-20(24)22-11-13-23(14-12-22)27(25,26)19-9-5-17(2)6-10-19/h5-6,9-10,16,18,21H,3-4,7-8,11-15H2,1-2H3. The van der Waals surface area contributed by atoms with Crippen molar-refractivity contribution in [1.82, 2.24) is 14.5 Å². The molecule has 27 heavy (non-hydrogen) atoms. The number of aryl methyl sites for hydroxylation is 1. The van der Waals surface area contributed by atoms with E-state index in [1.165, 1.54) is 17.1 Å². The van der Waals surface area contributed by atoms with E-state index >= 15 is 0 Å². The highest BCUT2D eigenvalue weighted by atomic mass is 32.2. The quantitative estimate of drug-likeness (QED) is 0.831. The van der Waals surface area contributed by atoms with E-state index in [9.17, 15) is 13.2 Å². The number of carbonyl (C=O) groups is 1. The Morgan fingerprint density at radius 2 is 1.63 bits per heavy atom. The summed E-state index contributed by atoms with van der Waals surface area (Å²) in [4.78, 5) is 14.6. The minimum Gasteiger partial charge on any atom is -0.339 e. The van der Waals surface area contributed by atoms with Gasteiger partial charge in [-0.05, 0) is 50.7 Å². The molecule has 6 nitrogen and oxygen atoms in total. The SMILES string of the molecule is Cc1ccc(S(=O)(=O)N2CCN(C(=O)CNC3CCC(C)CC3)CC2)cc1. The molecule has 1 aliphatic heterocycles. The Kier molecular flexibility index (Phi) is 6.55. The van der Waals surface area contributed by atoms with Gasteiger partial charge in [-0.1, -0.05) is 24.6 Å². The number of hydrogen-bond donors (Lipinski definition) is 1. The maximum Gasteiger partial charge on any atom is 0.243 e. The van der Waals surface area contributed by atoms with Crippen LogP contribution in [0.4, 0.5) is 0 Å². The van der Waals surface area contributed by atoms with Crippen molar-refractivity contribution < 1.29 is 13.2 Å². The molecule has 2 fully saturated rings. The minimum atomic E-state index is -3.48. The number of nitrogens with one attached hydrogen (secondary N) is 1. The van der Waals surface area contributed by atoms with E-state index in [1.807, 2.05) is 19.1 Å². The molecular formula is C20H31N3O3S. The molecule has 150 valence electrons. The Hall–Kier alpha value is -1.44. The van der Waals surface area contributed by atoms with Crippen molar-refractivity contribution in [3.05, 3.63) is 29.8 Å². The number of amides is 1. The number of rotatable bonds is 5. The molecule has 1 aliphatic carbocycles. The monoisotopic (exact) mass is 393 g/mol. The zero-order chi connectivity index (χ0) is 19.4. The summed E-state index contributed by atoms with van der Waals surface area (Å²) in [6, 6.07) is 7.36. The van der Waals surface area contributed by atoms with Crippen LogP contribution in [-0.2, 0) is 14.8 Å². The third-order valence-electron chi connectivity index (χ3n) is 5.81. The summed E-state index contributed by atoms with van der Waals surface area (Å²) in [5.41, 5.74) is 1.03. The zero-order valence-electron chi connectivity index (χ0n) is 16.4. The summed E-state index contributed by atoms with van der Waals surface area (Å²) >= 11 is 0. The molecule has 0 bridgehead atoms. The van der Waals surface area contributed by atoms with Gasteiger partial charge in [0.05, 0.1) is 11.4 Å². The van der Waals surface area contributed by atoms with E-state index < -0.39 is 10.0 Å². The van der Waals surface area contributed by atoms with Crippen molar-refractivity contribution >= 4 is 15.9 Å². The highest BCUT2D eigenvalue weighted by Crippen LogP contribution is 2.23. The molecule has 1 saturated heterocycles. The first-order valence-electron chi connectivity index (χ1n) is 9.94. The fourth-order valence-corrected chi connectivity index (χ4v) is 5.27. The van der Waals surface area contributed by atoms with Crippen LogP contribution in [0, 0.1) is 12.8 Å². The molecule has 1 N–H and O–H groups in total. The van der Waals surface area contributed by atoms with Gasteiger partial charge >= 0.3 is 0 Å². The van der Waals surface area contributed by atoms with Gasteiger partial charge in [0.25, 0.3) is 0 Å². The smallest absolute Gasteiger partial charge is 0.243 e. The first-order chi connectivity index (χ1) is 12.9. The molecule has 1 saturated carbocycles. The van der Waals surface area contributed by atoms with Gasteiger partial charge in [0, 0.05) is 32.2 Å². The summed E-state index contributed by atoms with van der Waals surface area (Å²) in [7, 11) is -3.48. The number of piperazine rings is 1. The van der Waals surface area contributed by atoms with Gasteiger partial charge < -0.3 is 10.2 Å². The number of nitrogens with zero attached hydrogens (tertiary/aromatic N) is 2. The van der Waals surface area contributed by atoms with Crippen LogP contribution in [0.1, 0.15) is 38.2 Å². The molecule has 0 unspecified atom stereocenters. The summed E-state index contributed by atoms with van der Waals surface area (Å²) < 4.78 is 27.0. The predicted molar refractivity (Wildman–Crippen MR) is 106 cm³/mol. The van der Waals surface area contributed by atoms with Crippen LogP contribution in [0.2, 0.25) is 0 Å². The Bertz CT molecular complexity index is 732. The van der Waals surface area contributed by atoms with Crippen LogP contribution in [0.15, 0.2) is 29.2 Å². The normalized spacial score (nSPS) is 24.7. The lowest BCUT2D eigenvalue weighted by atomic mass is 9.87. The van der Waals surface area contributed by atoms with Crippen LogP contribution >= 0.6 is 0 Å². The largest absolute Gasteiger partial charge is 0.339 e. The average Bonchev–Trinajstić information content (AvgIpc) is 2.68. The van der Waals surface area contributed by atoms with E-state index in [2.05, 4.69) is 12.2 Å². The van der Waals surface area contributed by atoms with Crippen LogP contribution in [0.3, 0.4) is 0 Å². The van der Waals surface area contributed by atoms with Crippen LogP contribution in [0.5, 0.6) is 0 Å². The Morgan fingerprint density at radius 1 is 1.04 bits per heavy atom. The summed E-state index contributed by atoms with van der Waals surface area (Å²) in [5, 5.41) is 3.39. The van der Waals surface area contributed by atoms with Crippen molar-refractivity contribution in [2.24, 2.45) is 5.92 Å². The fraction of sp³-hybridized carbons (Fsp3) is 0.650. The molecule has 0 spiro atoms. The highest BCUT2D eigenvalue weighted by molar-refractivity contribution is 7.89. The van der Waals surface area contributed by atoms with Gasteiger partial charge in [-0.15, -0.1) is 0 Å². The maximum atomic E-state index is 12.7. The van der Waals surface area contributed by atoms with E-state index in [0.29, 0.717) is 43.7 Å².